The van der Waals surface area contributed by atoms with Crippen LogP contribution in [0.15, 0.2) is 36.5 Å². The zero-order valence-electron chi connectivity index (χ0n) is 11.0. The van der Waals surface area contributed by atoms with Crippen LogP contribution in [0.3, 0.4) is 0 Å². The Morgan fingerprint density at radius 3 is 2.95 bits per heavy atom. The van der Waals surface area contributed by atoms with Crippen molar-refractivity contribution in [1.82, 2.24) is 4.98 Å². The molecule has 1 heterocycles. The Labute approximate surface area is 116 Å². The van der Waals surface area contributed by atoms with E-state index in [2.05, 4.69) is 11.1 Å². The number of nitrogens with two attached hydrogens (primary N) is 1. The lowest BCUT2D eigenvalue weighted by Crippen LogP contribution is -2.30. The lowest BCUT2D eigenvalue weighted by Gasteiger charge is -2.19. The smallest absolute Gasteiger partial charge is 0.129 e. The van der Waals surface area contributed by atoms with Gasteiger partial charge in [0.25, 0.3) is 0 Å². The van der Waals surface area contributed by atoms with Gasteiger partial charge in [-0.1, -0.05) is 12.1 Å². The van der Waals surface area contributed by atoms with Gasteiger partial charge in [-0.3, -0.25) is 4.98 Å². The van der Waals surface area contributed by atoms with Crippen molar-refractivity contribution in [1.29, 1.82) is 0 Å². The Hall–Kier alpha value is -1.81. The highest BCUT2D eigenvalue weighted by Gasteiger charge is 2.29. The molecule has 104 valence electrons. The molecule has 0 radical (unpaired) electrons. The van der Waals surface area contributed by atoms with Crippen molar-refractivity contribution in [3.8, 4) is 0 Å². The Morgan fingerprint density at radius 2 is 2.15 bits per heavy atom. The van der Waals surface area contributed by atoms with Gasteiger partial charge in [-0.2, -0.15) is 0 Å². The third-order valence-corrected chi connectivity index (χ3v) is 3.99. The van der Waals surface area contributed by atoms with Crippen molar-refractivity contribution < 1.29 is 8.78 Å². The normalized spacial score (nSPS) is 18.9. The van der Waals surface area contributed by atoms with Crippen LogP contribution in [-0.2, 0) is 12.8 Å². The maximum atomic E-state index is 13.7. The van der Waals surface area contributed by atoms with Crippen molar-refractivity contribution >= 4 is 0 Å². The predicted molar refractivity (Wildman–Crippen MR) is 73.3 cm³/mol. The van der Waals surface area contributed by atoms with Crippen molar-refractivity contribution in [2.45, 2.75) is 31.2 Å². The van der Waals surface area contributed by atoms with Gasteiger partial charge in [0, 0.05) is 29.9 Å². The Bertz CT molecular complexity index is 628. The number of hydrogen-bond donors (Lipinski definition) is 1. The molecule has 1 aliphatic carbocycles. The van der Waals surface area contributed by atoms with Gasteiger partial charge in [0.15, 0.2) is 0 Å². The van der Waals surface area contributed by atoms with Gasteiger partial charge in [0.2, 0.25) is 0 Å². The Kier molecular flexibility index (Phi) is 3.49. The summed E-state index contributed by atoms with van der Waals surface area (Å²) in [7, 11) is 0. The molecule has 2 unspecified atom stereocenters. The molecule has 20 heavy (non-hydrogen) atoms. The minimum Gasteiger partial charge on any atom is -0.327 e. The summed E-state index contributed by atoms with van der Waals surface area (Å²) in [6.07, 6.45) is 4.07. The van der Waals surface area contributed by atoms with Crippen LogP contribution in [0, 0.1) is 11.6 Å². The van der Waals surface area contributed by atoms with Gasteiger partial charge in [0.05, 0.1) is 0 Å². The van der Waals surface area contributed by atoms with Crippen molar-refractivity contribution in [3.05, 3.63) is 65.0 Å². The lowest BCUT2D eigenvalue weighted by atomic mass is 9.92. The third-order valence-electron chi connectivity index (χ3n) is 3.99. The Morgan fingerprint density at radius 1 is 1.30 bits per heavy atom. The highest BCUT2D eigenvalue weighted by molar-refractivity contribution is 5.31. The molecule has 1 aromatic carbocycles. The summed E-state index contributed by atoms with van der Waals surface area (Å²) in [4.78, 5) is 4.41. The molecule has 0 saturated heterocycles. The van der Waals surface area contributed by atoms with Crippen LogP contribution in [-0.4, -0.2) is 11.0 Å². The molecule has 4 heteroatoms. The zero-order valence-corrected chi connectivity index (χ0v) is 11.0. The van der Waals surface area contributed by atoms with E-state index in [0.29, 0.717) is 12.0 Å². The fourth-order valence-electron chi connectivity index (χ4n) is 2.94. The number of nitrogens with zero attached hydrogens (tertiary/aromatic N) is 1. The number of halogens is 2. The molecule has 0 bridgehead atoms. The fourth-order valence-corrected chi connectivity index (χ4v) is 2.94. The minimum atomic E-state index is -0.562. The van der Waals surface area contributed by atoms with Crippen LogP contribution in [0.2, 0.25) is 0 Å². The van der Waals surface area contributed by atoms with E-state index in [1.807, 2.05) is 6.07 Å². The average molecular weight is 274 g/mol. The van der Waals surface area contributed by atoms with Crippen LogP contribution in [0.5, 0.6) is 0 Å². The maximum absolute atomic E-state index is 13.7. The maximum Gasteiger partial charge on any atom is 0.129 e. The molecule has 1 aliphatic rings. The van der Waals surface area contributed by atoms with Crippen LogP contribution in [0.1, 0.15) is 29.2 Å². The summed E-state index contributed by atoms with van der Waals surface area (Å²) in [5.41, 5.74) is 8.95. The summed E-state index contributed by atoms with van der Waals surface area (Å²) in [6.45, 7) is 0. The van der Waals surface area contributed by atoms with Crippen molar-refractivity contribution in [2.24, 2.45) is 5.73 Å². The first-order valence-electron chi connectivity index (χ1n) is 6.78. The number of pyridine rings is 1. The molecular formula is C16H16F2N2. The van der Waals surface area contributed by atoms with E-state index in [4.69, 9.17) is 5.73 Å². The van der Waals surface area contributed by atoms with Crippen LogP contribution < -0.4 is 5.73 Å². The first-order chi connectivity index (χ1) is 9.65. The SMILES string of the molecule is NC(Cc1ccc(F)cc1F)C1CCc2cccnc21. The summed E-state index contributed by atoms with van der Waals surface area (Å²) < 4.78 is 26.6. The number of rotatable bonds is 3. The fraction of sp³-hybridized carbons (Fsp3) is 0.312. The average Bonchev–Trinajstić information content (AvgIpc) is 2.86. The lowest BCUT2D eigenvalue weighted by molar-refractivity contribution is 0.500. The zero-order chi connectivity index (χ0) is 14.1. The van der Waals surface area contributed by atoms with E-state index in [0.717, 1.165) is 24.6 Å². The molecule has 2 aromatic rings. The van der Waals surface area contributed by atoms with Crippen LogP contribution in [0.4, 0.5) is 8.78 Å². The summed E-state index contributed by atoms with van der Waals surface area (Å²) in [5, 5.41) is 0. The Balaban J connectivity index is 1.79. The number of aryl methyl sites for hydroxylation is 1. The van der Waals surface area contributed by atoms with E-state index in [1.54, 1.807) is 6.20 Å². The van der Waals surface area contributed by atoms with E-state index in [1.165, 1.54) is 17.7 Å². The standard InChI is InChI=1S/C16H16F2N2/c17-12-5-3-11(14(18)9-12)8-15(19)13-6-4-10-2-1-7-20-16(10)13/h1-3,5,7,9,13,15H,4,6,8,19H2. The van der Waals surface area contributed by atoms with E-state index in [-0.39, 0.29) is 12.0 Å². The van der Waals surface area contributed by atoms with Crippen LogP contribution >= 0.6 is 0 Å². The molecule has 0 amide bonds. The first-order valence-corrected chi connectivity index (χ1v) is 6.78. The van der Waals surface area contributed by atoms with Crippen molar-refractivity contribution in [3.63, 3.8) is 0 Å². The van der Waals surface area contributed by atoms with Crippen molar-refractivity contribution in [2.75, 3.05) is 0 Å². The number of fused-ring (bicyclic) bond motifs is 1. The van der Waals surface area contributed by atoms with Crippen LogP contribution in [0.25, 0.3) is 0 Å². The van der Waals surface area contributed by atoms with E-state index < -0.39 is 11.6 Å². The second-order valence-corrected chi connectivity index (χ2v) is 5.30. The number of hydrogen-bond acceptors (Lipinski definition) is 2. The molecule has 1 aromatic heterocycles. The molecule has 3 rings (SSSR count). The number of benzene rings is 1. The summed E-state index contributed by atoms with van der Waals surface area (Å²) >= 11 is 0. The second-order valence-electron chi connectivity index (χ2n) is 5.30. The quantitative estimate of drug-likeness (QED) is 0.934. The summed E-state index contributed by atoms with van der Waals surface area (Å²) in [5.74, 6) is -0.942. The van der Waals surface area contributed by atoms with Gasteiger partial charge in [-0.05, 0) is 42.5 Å². The minimum absolute atomic E-state index is 0.149. The predicted octanol–water partition coefficient (Wildman–Crippen LogP) is 2.96. The van der Waals surface area contributed by atoms with Gasteiger partial charge in [-0.15, -0.1) is 0 Å². The van der Waals surface area contributed by atoms with Gasteiger partial charge in [0.1, 0.15) is 11.6 Å². The molecule has 2 N–H and O–H groups in total. The molecule has 0 fully saturated rings. The van der Waals surface area contributed by atoms with E-state index >= 15 is 0 Å². The van der Waals surface area contributed by atoms with Gasteiger partial charge < -0.3 is 5.73 Å². The molecule has 2 nitrogen and oxygen atoms in total. The number of aromatic nitrogens is 1. The second kappa shape index (κ2) is 5.29. The molecule has 0 aliphatic heterocycles. The van der Waals surface area contributed by atoms with Gasteiger partial charge >= 0.3 is 0 Å². The molecule has 0 saturated carbocycles. The first kappa shape index (κ1) is 13.2. The molecule has 0 spiro atoms. The monoisotopic (exact) mass is 274 g/mol. The third kappa shape index (κ3) is 2.43. The molecular weight excluding hydrogens is 258 g/mol. The highest BCUT2D eigenvalue weighted by Crippen LogP contribution is 2.34. The van der Waals surface area contributed by atoms with E-state index in [9.17, 15) is 8.78 Å². The highest BCUT2D eigenvalue weighted by atomic mass is 19.1. The molecule has 2 atom stereocenters. The summed E-state index contributed by atoms with van der Waals surface area (Å²) in [6, 6.07) is 7.43. The topological polar surface area (TPSA) is 38.9 Å². The largest absolute Gasteiger partial charge is 0.327 e. The van der Waals surface area contributed by atoms with Gasteiger partial charge in [-0.25, -0.2) is 8.78 Å².